The van der Waals surface area contributed by atoms with Crippen molar-refractivity contribution in [1.82, 2.24) is 9.78 Å². The Labute approximate surface area is 116 Å². The first-order chi connectivity index (χ1) is 9.38. The van der Waals surface area contributed by atoms with Gasteiger partial charge in [-0.3, -0.25) is 10.1 Å². The molecular weight excluding hydrogens is 290 g/mol. The van der Waals surface area contributed by atoms with Gasteiger partial charge in [0.15, 0.2) is 5.02 Å². The molecule has 0 radical (unpaired) electrons. The Hall–Kier alpha value is -2.68. The topological polar surface area (TPSA) is 130 Å². The van der Waals surface area contributed by atoms with E-state index < -0.39 is 15.7 Å². The van der Waals surface area contributed by atoms with E-state index in [1.807, 2.05) is 0 Å². The molecule has 0 atom stereocenters. The predicted octanol–water partition coefficient (Wildman–Crippen LogP) is 1.98. The number of anilines is 1. The Morgan fingerprint density at radius 1 is 1.30 bits per heavy atom. The van der Waals surface area contributed by atoms with E-state index in [0.717, 1.165) is 0 Å². The van der Waals surface area contributed by atoms with E-state index in [1.165, 1.54) is 29.1 Å². The van der Waals surface area contributed by atoms with E-state index in [-0.39, 0.29) is 22.9 Å². The fraction of sp³-hybridized carbons (Fsp3) is 0.100. The lowest BCUT2D eigenvalue weighted by molar-refractivity contribution is -0.389. The minimum absolute atomic E-state index is 0.0141. The molecule has 0 spiro atoms. The molecule has 0 fully saturated rings. The van der Waals surface area contributed by atoms with E-state index in [0.29, 0.717) is 5.56 Å². The van der Waals surface area contributed by atoms with Crippen LogP contribution in [0.25, 0.3) is 0 Å². The van der Waals surface area contributed by atoms with Crippen molar-refractivity contribution in [3.63, 3.8) is 0 Å². The van der Waals surface area contributed by atoms with Crippen molar-refractivity contribution in [1.29, 1.82) is 0 Å². The molecule has 0 aliphatic rings. The normalized spacial score (nSPS) is 10.4. The van der Waals surface area contributed by atoms with Crippen LogP contribution in [0.3, 0.4) is 0 Å². The molecule has 2 rings (SSSR count). The van der Waals surface area contributed by atoms with Gasteiger partial charge in [0, 0.05) is 6.07 Å². The summed E-state index contributed by atoms with van der Waals surface area (Å²) in [5.41, 5.74) is 5.98. The van der Waals surface area contributed by atoms with E-state index in [4.69, 9.17) is 17.3 Å². The molecule has 0 amide bonds. The first kappa shape index (κ1) is 13.7. The van der Waals surface area contributed by atoms with Gasteiger partial charge in [0.1, 0.15) is 5.69 Å². The SMILES string of the molecule is Nc1cc(Cn2cc(Cl)c([N+](=O)[O-])n2)ccc1[N+](=O)[O-]. The minimum Gasteiger partial charge on any atom is -0.393 e. The number of halogens is 1. The van der Waals surface area contributed by atoms with Gasteiger partial charge in [-0.2, -0.15) is 4.68 Å². The van der Waals surface area contributed by atoms with Crippen LogP contribution >= 0.6 is 11.6 Å². The van der Waals surface area contributed by atoms with Crippen LogP contribution in [0.1, 0.15) is 5.56 Å². The van der Waals surface area contributed by atoms with Gasteiger partial charge in [0.25, 0.3) is 5.69 Å². The lowest BCUT2D eigenvalue weighted by Gasteiger charge is -2.01. The van der Waals surface area contributed by atoms with E-state index in [2.05, 4.69) is 5.10 Å². The van der Waals surface area contributed by atoms with Gasteiger partial charge in [-0.25, -0.2) is 0 Å². The number of nitrogens with two attached hydrogens (primary N) is 1. The summed E-state index contributed by atoms with van der Waals surface area (Å²) in [6.07, 6.45) is 1.30. The van der Waals surface area contributed by atoms with E-state index in [9.17, 15) is 20.2 Å². The Kier molecular flexibility index (Phi) is 3.53. The maximum Gasteiger partial charge on any atom is 0.408 e. The number of rotatable bonds is 4. The lowest BCUT2D eigenvalue weighted by Crippen LogP contribution is -2.03. The van der Waals surface area contributed by atoms with Gasteiger partial charge in [-0.1, -0.05) is 17.7 Å². The Morgan fingerprint density at radius 2 is 2.00 bits per heavy atom. The maximum atomic E-state index is 10.6. The molecule has 0 saturated heterocycles. The number of hydrogen-bond acceptors (Lipinski definition) is 6. The Bertz CT molecular complexity index is 699. The summed E-state index contributed by atoms with van der Waals surface area (Å²) in [5.74, 6) is -0.443. The van der Waals surface area contributed by atoms with Gasteiger partial charge in [0.2, 0.25) is 0 Å². The molecule has 0 unspecified atom stereocenters. The van der Waals surface area contributed by atoms with Gasteiger partial charge in [0.05, 0.1) is 22.8 Å². The second-order valence-corrected chi connectivity index (χ2v) is 4.31. The van der Waals surface area contributed by atoms with Crippen LogP contribution in [0.15, 0.2) is 24.4 Å². The summed E-state index contributed by atoms with van der Waals surface area (Å²) in [5, 5.41) is 24.9. The first-order valence-electron chi connectivity index (χ1n) is 5.28. The van der Waals surface area contributed by atoms with Crippen molar-refractivity contribution in [2.75, 3.05) is 5.73 Å². The zero-order valence-corrected chi connectivity index (χ0v) is 10.6. The molecule has 2 N–H and O–H groups in total. The van der Waals surface area contributed by atoms with Crippen LogP contribution in [0.5, 0.6) is 0 Å². The number of benzene rings is 1. The number of hydrogen-bond donors (Lipinski definition) is 1. The average molecular weight is 298 g/mol. The summed E-state index contributed by atoms with van der Waals surface area (Å²) in [6, 6.07) is 4.18. The second-order valence-electron chi connectivity index (χ2n) is 3.91. The zero-order valence-electron chi connectivity index (χ0n) is 9.89. The molecule has 0 aliphatic heterocycles. The minimum atomic E-state index is -0.691. The molecule has 2 aromatic rings. The van der Waals surface area contributed by atoms with Crippen LogP contribution in [0, 0.1) is 20.2 Å². The quantitative estimate of drug-likeness (QED) is 0.521. The average Bonchev–Trinajstić information content (AvgIpc) is 2.70. The molecule has 104 valence electrons. The second kappa shape index (κ2) is 5.13. The maximum absolute atomic E-state index is 10.6. The van der Waals surface area contributed by atoms with E-state index >= 15 is 0 Å². The van der Waals surface area contributed by atoms with Crippen LogP contribution in [0.2, 0.25) is 5.02 Å². The molecule has 0 bridgehead atoms. The monoisotopic (exact) mass is 297 g/mol. The highest BCUT2D eigenvalue weighted by molar-refractivity contribution is 6.32. The predicted molar refractivity (Wildman–Crippen MR) is 70.5 cm³/mol. The standard InChI is InChI=1S/C10H8ClN5O4/c11-7-5-14(13-10(7)16(19)20)4-6-1-2-9(15(17)18)8(12)3-6/h1-3,5H,4,12H2. The van der Waals surface area contributed by atoms with Gasteiger partial charge in [-0.05, 0) is 16.6 Å². The van der Waals surface area contributed by atoms with Crippen molar-refractivity contribution in [3.05, 3.63) is 55.2 Å². The fourth-order valence-corrected chi connectivity index (χ4v) is 1.87. The van der Waals surface area contributed by atoms with Crippen LogP contribution in [0.4, 0.5) is 17.2 Å². The smallest absolute Gasteiger partial charge is 0.393 e. The molecule has 1 aromatic heterocycles. The number of nitro groups is 2. The highest BCUT2D eigenvalue weighted by Gasteiger charge is 2.19. The zero-order chi connectivity index (χ0) is 14.9. The summed E-state index contributed by atoms with van der Waals surface area (Å²) in [6.45, 7) is 0.162. The molecule has 20 heavy (non-hydrogen) atoms. The Balaban J connectivity index is 2.26. The lowest BCUT2D eigenvalue weighted by atomic mass is 10.2. The van der Waals surface area contributed by atoms with Crippen molar-refractivity contribution >= 4 is 28.8 Å². The van der Waals surface area contributed by atoms with Crippen molar-refractivity contribution in [3.8, 4) is 0 Å². The summed E-state index contributed by atoms with van der Waals surface area (Å²) in [7, 11) is 0. The van der Waals surface area contributed by atoms with Crippen molar-refractivity contribution in [2.24, 2.45) is 0 Å². The van der Waals surface area contributed by atoms with Gasteiger partial charge in [-0.15, -0.1) is 0 Å². The van der Waals surface area contributed by atoms with Crippen molar-refractivity contribution < 1.29 is 9.85 Å². The molecule has 0 aliphatic carbocycles. The molecule has 1 heterocycles. The van der Waals surface area contributed by atoms with Crippen LogP contribution in [-0.4, -0.2) is 19.6 Å². The third-order valence-electron chi connectivity index (χ3n) is 2.51. The van der Waals surface area contributed by atoms with Crippen molar-refractivity contribution in [2.45, 2.75) is 6.54 Å². The van der Waals surface area contributed by atoms with Crippen LogP contribution < -0.4 is 5.73 Å². The van der Waals surface area contributed by atoms with Gasteiger partial charge < -0.3 is 15.8 Å². The number of nitro benzene ring substituents is 1. The van der Waals surface area contributed by atoms with Gasteiger partial charge >= 0.3 is 5.82 Å². The molecule has 9 nitrogen and oxygen atoms in total. The fourth-order valence-electron chi connectivity index (χ4n) is 1.65. The molecule has 10 heteroatoms. The number of nitrogen functional groups attached to an aromatic ring is 1. The highest BCUT2D eigenvalue weighted by atomic mass is 35.5. The first-order valence-corrected chi connectivity index (χ1v) is 5.66. The summed E-state index contributed by atoms with van der Waals surface area (Å²) < 4.78 is 1.26. The largest absolute Gasteiger partial charge is 0.408 e. The highest BCUT2D eigenvalue weighted by Crippen LogP contribution is 2.24. The molecule has 0 saturated carbocycles. The summed E-state index contributed by atoms with van der Waals surface area (Å²) in [4.78, 5) is 20.0. The number of aromatic nitrogens is 2. The third-order valence-corrected chi connectivity index (χ3v) is 2.77. The van der Waals surface area contributed by atoms with Crippen LogP contribution in [-0.2, 0) is 6.54 Å². The Morgan fingerprint density at radius 3 is 2.50 bits per heavy atom. The molecular formula is C10H8ClN5O4. The third kappa shape index (κ3) is 2.67. The number of nitrogens with zero attached hydrogens (tertiary/aromatic N) is 4. The summed E-state index contributed by atoms with van der Waals surface area (Å²) >= 11 is 5.67. The van der Waals surface area contributed by atoms with E-state index in [1.54, 1.807) is 0 Å². The molecule has 1 aromatic carbocycles.